The van der Waals surface area contributed by atoms with Crippen LogP contribution in [0.15, 0.2) is 53.4 Å². The summed E-state index contributed by atoms with van der Waals surface area (Å²) in [6, 6.07) is 12.3. The minimum absolute atomic E-state index is 0.0198. The number of fused-ring (bicyclic) bond motifs is 1. The van der Waals surface area contributed by atoms with Crippen LogP contribution in [-0.4, -0.2) is 33.1 Å². The highest BCUT2D eigenvalue weighted by molar-refractivity contribution is 7.92. The largest absolute Gasteiger partial charge is 0.391 e. The average Bonchev–Trinajstić information content (AvgIpc) is 3.18. The average molecular weight is 452 g/mol. The van der Waals surface area contributed by atoms with Crippen LogP contribution in [0, 0.1) is 5.92 Å². The number of nitrogens with zero attached hydrogens (tertiary/aromatic N) is 1. The first-order valence-corrected chi connectivity index (χ1v) is 11.7. The Morgan fingerprint density at radius 1 is 1.06 bits per heavy atom. The lowest BCUT2D eigenvalue weighted by molar-refractivity contribution is -0.183. The van der Waals surface area contributed by atoms with E-state index in [0.717, 1.165) is 5.56 Å². The molecule has 1 N–H and O–H groups in total. The Kier molecular flexibility index (Phi) is 5.72. The molecule has 9 heteroatoms. The maximum absolute atomic E-state index is 13.2. The number of halogens is 3. The summed E-state index contributed by atoms with van der Waals surface area (Å²) in [5, 5.41) is 2.65. The number of anilines is 1. The lowest BCUT2D eigenvalue weighted by Gasteiger charge is -2.31. The van der Waals surface area contributed by atoms with Crippen molar-refractivity contribution in [2.24, 2.45) is 5.92 Å². The molecule has 1 saturated carbocycles. The van der Waals surface area contributed by atoms with Crippen LogP contribution in [0.25, 0.3) is 0 Å². The molecule has 1 aliphatic heterocycles. The number of carbonyl (C=O) groups excluding carboxylic acids is 1. The van der Waals surface area contributed by atoms with Crippen molar-refractivity contribution in [3.05, 3.63) is 59.7 Å². The Hall–Kier alpha value is -2.55. The molecule has 0 saturated heterocycles. The molecule has 0 bridgehead atoms. The Morgan fingerprint density at radius 2 is 1.84 bits per heavy atom. The van der Waals surface area contributed by atoms with Gasteiger partial charge in [0.1, 0.15) is 0 Å². The van der Waals surface area contributed by atoms with Gasteiger partial charge < -0.3 is 5.32 Å². The third kappa shape index (κ3) is 4.42. The van der Waals surface area contributed by atoms with Crippen molar-refractivity contribution in [1.29, 1.82) is 0 Å². The molecule has 0 spiro atoms. The fraction of sp³-hybridized carbons (Fsp3) is 0.409. The molecule has 1 fully saturated rings. The fourth-order valence-electron chi connectivity index (χ4n) is 4.37. The van der Waals surface area contributed by atoms with Gasteiger partial charge in [-0.2, -0.15) is 13.2 Å². The van der Waals surface area contributed by atoms with Crippen LogP contribution in [0.5, 0.6) is 0 Å². The zero-order valence-corrected chi connectivity index (χ0v) is 17.5. The molecule has 0 aromatic heterocycles. The zero-order valence-electron chi connectivity index (χ0n) is 16.7. The molecular weight excluding hydrogens is 429 g/mol. The van der Waals surface area contributed by atoms with E-state index in [1.807, 2.05) is 12.1 Å². The van der Waals surface area contributed by atoms with Crippen molar-refractivity contribution in [2.75, 3.05) is 10.8 Å². The van der Waals surface area contributed by atoms with E-state index in [9.17, 15) is 26.4 Å². The summed E-state index contributed by atoms with van der Waals surface area (Å²) in [6.45, 7) is 0.318. The predicted octanol–water partition coefficient (Wildman–Crippen LogP) is 4.29. The number of para-hydroxylation sites is 1. The van der Waals surface area contributed by atoms with Gasteiger partial charge in [-0.15, -0.1) is 0 Å². The van der Waals surface area contributed by atoms with E-state index in [1.54, 1.807) is 12.1 Å². The molecule has 1 amide bonds. The van der Waals surface area contributed by atoms with Gasteiger partial charge in [-0.05, 0) is 55.5 Å². The third-order valence-corrected chi connectivity index (χ3v) is 7.81. The molecule has 2 atom stereocenters. The number of amides is 1. The summed E-state index contributed by atoms with van der Waals surface area (Å²) in [5.41, 5.74) is 1.68. The quantitative estimate of drug-likeness (QED) is 0.753. The van der Waals surface area contributed by atoms with Crippen LogP contribution in [0.3, 0.4) is 0 Å². The van der Waals surface area contributed by atoms with Gasteiger partial charge in [0.05, 0.1) is 16.5 Å². The van der Waals surface area contributed by atoms with E-state index >= 15 is 0 Å². The monoisotopic (exact) mass is 452 g/mol. The number of rotatable bonds is 4. The number of nitrogens with one attached hydrogen (secondary N) is 1. The zero-order chi connectivity index (χ0) is 22.2. The van der Waals surface area contributed by atoms with Crippen LogP contribution in [0.4, 0.5) is 18.9 Å². The maximum atomic E-state index is 13.2. The topological polar surface area (TPSA) is 66.5 Å². The van der Waals surface area contributed by atoms with E-state index in [2.05, 4.69) is 5.32 Å². The van der Waals surface area contributed by atoms with E-state index in [4.69, 9.17) is 0 Å². The summed E-state index contributed by atoms with van der Waals surface area (Å²) < 4.78 is 66.8. The van der Waals surface area contributed by atoms with Gasteiger partial charge in [0.2, 0.25) is 0 Å². The van der Waals surface area contributed by atoms with Gasteiger partial charge in [-0.25, -0.2) is 8.42 Å². The molecule has 5 nitrogen and oxygen atoms in total. The molecule has 2 aromatic carbocycles. The van der Waals surface area contributed by atoms with Crippen molar-refractivity contribution < 1.29 is 26.4 Å². The highest BCUT2D eigenvalue weighted by atomic mass is 32.2. The van der Waals surface area contributed by atoms with Crippen LogP contribution in [0.2, 0.25) is 0 Å². The number of alkyl halides is 3. The summed E-state index contributed by atoms with van der Waals surface area (Å²) in [5.74, 6) is -1.99. The van der Waals surface area contributed by atoms with Crippen LogP contribution in [-0.2, 0) is 16.4 Å². The third-order valence-electron chi connectivity index (χ3n) is 6.00. The normalized spacial score (nSPS) is 21.6. The van der Waals surface area contributed by atoms with Gasteiger partial charge in [0.15, 0.2) is 0 Å². The maximum Gasteiger partial charge on any atom is 0.391 e. The van der Waals surface area contributed by atoms with Crippen molar-refractivity contribution in [3.63, 3.8) is 0 Å². The molecule has 2 unspecified atom stereocenters. The van der Waals surface area contributed by atoms with Crippen molar-refractivity contribution in [2.45, 2.75) is 49.2 Å². The van der Waals surface area contributed by atoms with Gasteiger partial charge in [0.25, 0.3) is 15.9 Å². The molecular formula is C22H23F3N2O3S. The summed E-state index contributed by atoms with van der Waals surface area (Å²) in [4.78, 5) is 12.6. The van der Waals surface area contributed by atoms with E-state index in [-0.39, 0.29) is 23.3 Å². The summed E-state index contributed by atoms with van der Waals surface area (Å²) in [6.07, 6.45) is -2.89. The summed E-state index contributed by atoms with van der Waals surface area (Å²) in [7, 11) is -3.86. The highest BCUT2D eigenvalue weighted by Gasteiger charge is 2.42. The molecule has 1 heterocycles. The molecule has 166 valence electrons. The van der Waals surface area contributed by atoms with Gasteiger partial charge >= 0.3 is 6.18 Å². The van der Waals surface area contributed by atoms with E-state index < -0.39 is 34.1 Å². The molecule has 1 aliphatic carbocycles. The van der Waals surface area contributed by atoms with Crippen molar-refractivity contribution >= 4 is 21.6 Å². The van der Waals surface area contributed by atoms with E-state index in [0.29, 0.717) is 31.5 Å². The predicted molar refractivity (Wildman–Crippen MR) is 110 cm³/mol. The minimum atomic E-state index is -4.27. The van der Waals surface area contributed by atoms with Crippen molar-refractivity contribution in [1.82, 2.24) is 5.32 Å². The second kappa shape index (κ2) is 8.18. The number of hydrogen-bond donors (Lipinski definition) is 1. The Morgan fingerprint density at radius 3 is 2.61 bits per heavy atom. The van der Waals surface area contributed by atoms with E-state index in [1.165, 1.54) is 28.6 Å². The molecule has 0 radical (unpaired) electrons. The van der Waals surface area contributed by atoms with Crippen LogP contribution in [0.1, 0.15) is 41.6 Å². The molecule has 2 aromatic rings. The first-order chi connectivity index (χ1) is 14.7. The van der Waals surface area contributed by atoms with Crippen LogP contribution < -0.4 is 9.62 Å². The molecule has 31 heavy (non-hydrogen) atoms. The fourth-order valence-corrected chi connectivity index (χ4v) is 5.92. The Labute approximate surface area is 179 Å². The molecule has 2 aliphatic rings. The second-order valence-electron chi connectivity index (χ2n) is 8.06. The number of hydrogen-bond acceptors (Lipinski definition) is 3. The highest BCUT2D eigenvalue weighted by Crippen LogP contribution is 2.37. The van der Waals surface area contributed by atoms with Gasteiger partial charge in [-0.3, -0.25) is 9.10 Å². The SMILES string of the molecule is O=C(NC1CCCC(C(F)(F)F)C1)c1cccc(S(=O)(=O)N2CCc3ccccc32)c1. The van der Waals surface area contributed by atoms with Crippen molar-refractivity contribution in [3.8, 4) is 0 Å². The Balaban J connectivity index is 1.51. The lowest BCUT2D eigenvalue weighted by Crippen LogP contribution is -2.41. The number of sulfonamides is 1. The molecule has 4 rings (SSSR count). The first kappa shape index (κ1) is 21.7. The van der Waals surface area contributed by atoms with Crippen LogP contribution >= 0.6 is 0 Å². The smallest absolute Gasteiger partial charge is 0.349 e. The second-order valence-corrected chi connectivity index (χ2v) is 9.92. The number of carbonyl (C=O) groups is 1. The first-order valence-electron chi connectivity index (χ1n) is 10.2. The standard InChI is InChI=1S/C22H23F3N2O3S/c23-22(24,25)17-7-4-8-18(14-17)26-21(28)16-6-3-9-19(13-16)31(29,30)27-12-11-15-5-1-2-10-20(15)27/h1-3,5-6,9-10,13,17-18H,4,7-8,11-12,14H2,(H,26,28). The number of benzene rings is 2. The summed E-state index contributed by atoms with van der Waals surface area (Å²) >= 11 is 0. The van der Waals surface area contributed by atoms with Gasteiger partial charge in [0, 0.05) is 18.2 Å². The Bertz CT molecular complexity index is 1090. The van der Waals surface area contributed by atoms with Gasteiger partial charge in [-0.1, -0.05) is 30.7 Å². The lowest BCUT2D eigenvalue weighted by atomic mass is 9.85. The minimum Gasteiger partial charge on any atom is -0.349 e.